The second-order valence-corrected chi connectivity index (χ2v) is 5.45. The van der Waals surface area contributed by atoms with Crippen LogP contribution < -0.4 is 15.9 Å². The van der Waals surface area contributed by atoms with E-state index >= 15 is 0 Å². The van der Waals surface area contributed by atoms with E-state index in [1.165, 1.54) is 7.11 Å². The molecule has 0 saturated carbocycles. The number of hydrazone groups is 1. The van der Waals surface area contributed by atoms with Crippen LogP contribution in [0, 0.1) is 0 Å². The van der Waals surface area contributed by atoms with E-state index in [0.717, 1.165) is 0 Å². The first-order valence-corrected chi connectivity index (χ1v) is 5.82. The molecular weight excluding hydrogens is 300 g/mol. The van der Waals surface area contributed by atoms with Gasteiger partial charge in [-0.2, -0.15) is 5.10 Å². The SMILES string of the molecule is COc1ccc(C(=O)NN=C(N)C(Cl)(Cl)Cl)cc1. The number of hydrogen-bond donors (Lipinski definition) is 2. The van der Waals surface area contributed by atoms with Crippen LogP contribution in [-0.4, -0.2) is 22.6 Å². The van der Waals surface area contributed by atoms with E-state index in [9.17, 15) is 4.79 Å². The minimum Gasteiger partial charge on any atom is -0.497 e. The van der Waals surface area contributed by atoms with Gasteiger partial charge in [-0.3, -0.25) is 4.79 Å². The zero-order valence-corrected chi connectivity index (χ0v) is 11.6. The highest BCUT2D eigenvalue weighted by atomic mass is 35.6. The molecule has 0 aliphatic rings. The number of hydrogen-bond acceptors (Lipinski definition) is 3. The van der Waals surface area contributed by atoms with Gasteiger partial charge in [-0.1, -0.05) is 34.8 Å². The van der Waals surface area contributed by atoms with Gasteiger partial charge in [-0.05, 0) is 24.3 Å². The van der Waals surface area contributed by atoms with Crippen molar-refractivity contribution in [2.75, 3.05) is 7.11 Å². The third-order valence-electron chi connectivity index (χ3n) is 1.92. The first kappa shape index (κ1) is 14.9. The molecule has 18 heavy (non-hydrogen) atoms. The van der Waals surface area contributed by atoms with E-state index in [4.69, 9.17) is 45.3 Å². The number of halogens is 3. The molecule has 0 fully saturated rings. The summed E-state index contributed by atoms with van der Waals surface area (Å²) in [5, 5.41) is 3.48. The summed E-state index contributed by atoms with van der Waals surface area (Å²) in [5.74, 6) is -0.167. The fourth-order valence-corrected chi connectivity index (χ4v) is 1.11. The Morgan fingerprint density at radius 3 is 2.33 bits per heavy atom. The third-order valence-corrected chi connectivity index (χ3v) is 2.50. The summed E-state index contributed by atoms with van der Waals surface area (Å²) < 4.78 is 3.11. The van der Waals surface area contributed by atoms with Gasteiger partial charge in [0.05, 0.1) is 7.11 Å². The number of amidine groups is 1. The second-order valence-electron chi connectivity index (χ2n) is 3.16. The fraction of sp³-hybridized carbons (Fsp3) is 0.200. The first-order chi connectivity index (χ1) is 8.34. The number of methoxy groups -OCH3 is 1. The van der Waals surface area contributed by atoms with Gasteiger partial charge in [0.1, 0.15) is 5.75 Å². The molecule has 0 heterocycles. The lowest BCUT2D eigenvalue weighted by Crippen LogP contribution is -2.32. The highest BCUT2D eigenvalue weighted by Crippen LogP contribution is 2.25. The highest BCUT2D eigenvalue weighted by Gasteiger charge is 2.25. The number of rotatable bonds is 3. The Balaban J connectivity index is 2.71. The van der Waals surface area contributed by atoms with E-state index < -0.39 is 9.70 Å². The smallest absolute Gasteiger partial charge is 0.271 e. The van der Waals surface area contributed by atoms with Gasteiger partial charge in [-0.15, -0.1) is 0 Å². The summed E-state index contributed by atoms with van der Waals surface area (Å²) in [4.78, 5) is 11.6. The lowest BCUT2D eigenvalue weighted by atomic mass is 10.2. The number of carbonyl (C=O) groups excluding carboxylic acids is 1. The second kappa shape index (κ2) is 6.13. The summed E-state index contributed by atoms with van der Waals surface area (Å²) >= 11 is 16.4. The predicted octanol–water partition coefficient (Wildman–Crippen LogP) is 2.07. The summed E-state index contributed by atoms with van der Waals surface area (Å²) in [6, 6.07) is 6.40. The average molecular weight is 311 g/mol. The Kier molecular flexibility index (Phi) is 5.07. The monoisotopic (exact) mass is 309 g/mol. The van der Waals surface area contributed by atoms with Crippen molar-refractivity contribution in [3.63, 3.8) is 0 Å². The average Bonchev–Trinajstić information content (AvgIpc) is 2.34. The maximum atomic E-state index is 11.6. The lowest BCUT2D eigenvalue weighted by Gasteiger charge is -2.09. The zero-order chi connectivity index (χ0) is 13.8. The Morgan fingerprint density at radius 1 is 1.33 bits per heavy atom. The first-order valence-electron chi connectivity index (χ1n) is 4.69. The number of alkyl halides is 3. The minimum atomic E-state index is -1.85. The van der Waals surface area contributed by atoms with E-state index in [2.05, 4.69) is 10.5 Å². The summed E-state index contributed by atoms with van der Waals surface area (Å²) in [6.07, 6.45) is 0. The molecule has 5 nitrogen and oxygen atoms in total. The molecule has 0 saturated heterocycles. The van der Waals surface area contributed by atoms with E-state index in [0.29, 0.717) is 11.3 Å². The van der Waals surface area contributed by atoms with Crippen molar-refractivity contribution in [2.24, 2.45) is 10.8 Å². The molecule has 0 atom stereocenters. The molecule has 1 aromatic carbocycles. The molecule has 1 amide bonds. The molecule has 0 spiro atoms. The molecule has 1 rings (SSSR count). The molecule has 0 radical (unpaired) electrons. The molecule has 0 aliphatic heterocycles. The van der Waals surface area contributed by atoms with Gasteiger partial charge in [0.15, 0.2) is 5.84 Å². The molecule has 1 aromatic rings. The van der Waals surface area contributed by atoms with Crippen LogP contribution in [0.15, 0.2) is 29.4 Å². The van der Waals surface area contributed by atoms with Crippen LogP contribution in [-0.2, 0) is 0 Å². The number of ether oxygens (including phenoxy) is 1. The molecule has 0 bridgehead atoms. The molecule has 8 heteroatoms. The molecule has 98 valence electrons. The molecule has 0 unspecified atom stereocenters. The van der Waals surface area contributed by atoms with Crippen molar-refractivity contribution in [3.05, 3.63) is 29.8 Å². The highest BCUT2D eigenvalue weighted by molar-refractivity contribution is 6.76. The van der Waals surface area contributed by atoms with Gasteiger partial charge >= 0.3 is 0 Å². The number of amides is 1. The number of carbonyl (C=O) groups is 1. The summed E-state index contributed by atoms with van der Waals surface area (Å²) in [5.41, 5.74) is 7.89. The van der Waals surface area contributed by atoms with Crippen LogP contribution in [0.1, 0.15) is 10.4 Å². The van der Waals surface area contributed by atoms with E-state index in [-0.39, 0.29) is 5.84 Å². The number of nitrogens with one attached hydrogen (secondary N) is 1. The molecule has 0 aliphatic carbocycles. The molecule has 3 N–H and O–H groups in total. The van der Waals surface area contributed by atoms with Gasteiger partial charge in [0.2, 0.25) is 3.79 Å². The maximum absolute atomic E-state index is 11.6. The van der Waals surface area contributed by atoms with Gasteiger partial charge in [0, 0.05) is 5.56 Å². The van der Waals surface area contributed by atoms with E-state index in [1.807, 2.05) is 0 Å². The van der Waals surface area contributed by atoms with Crippen LogP contribution in [0.3, 0.4) is 0 Å². The summed E-state index contributed by atoms with van der Waals surface area (Å²) in [6.45, 7) is 0. The van der Waals surface area contributed by atoms with Gasteiger partial charge in [-0.25, -0.2) is 5.43 Å². The van der Waals surface area contributed by atoms with Crippen molar-refractivity contribution >= 4 is 46.5 Å². The largest absolute Gasteiger partial charge is 0.497 e. The van der Waals surface area contributed by atoms with Crippen LogP contribution in [0.25, 0.3) is 0 Å². The summed E-state index contributed by atoms with van der Waals surface area (Å²) in [7, 11) is 1.53. The Morgan fingerprint density at radius 2 is 1.89 bits per heavy atom. The number of benzene rings is 1. The molecule has 0 aromatic heterocycles. The standard InChI is InChI=1S/C10H10Cl3N3O2/c1-18-7-4-2-6(3-5-7)8(17)15-16-9(14)10(11,12)13/h2-5H,1H3,(H2,14,16)(H,15,17). The van der Waals surface area contributed by atoms with Gasteiger partial charge in [0.25, 0.3) is 5.91 Å². The van der Waals surface area contributed by atoms with Crippen molar-refractivity contribution in [1.29, 1.82) is 0 Å². The number of nitrogens with zero attached hydrogens (tertiary/aromatic N) is 1. The van der Waals surface area contributed by atoms with Crippen LogP contribution in [0.5, 0.6) is 5.75 Å². The Bertz CT molecular complexity index is 454. The Labute approximate surface area is 119 Å². The van der Waals surface area contributed by atoms with Crippen LogP contribution in [0.4, 0.5) is 0 Å². The van der Waals surface area contributed by atoms with Crippen molar-refractivity contribution in [1.82, 2.24) is 5.43 Å². The fourth-order valence-electron chi connectivity index (χ4n) is 0.981. The van der Waals surface area contributed by atoms with E-state index in [1.54, 1.807) is 24.3 Å². The topological polar surface area (TPSA) is 76.7 Å². The Hall–Kier alpha value is -1.17. The lowest BCUT2D eigenvalue weighted by molar-refractivity contribution is 0.0954. The normalized spacial score (nSPS) is 12.1. The quantitative estimate of drug-likeness (QED) is 0.388. The van der Waals surface area contributed by atoms with Crippen LogP contribution >= 0.6 is 34.8 Å². The van der Waals surface area contributed by atoms with Crippen molar-refractivity contribution in [3.8, 4) is 5.75 Å². The zero-order valence-electron chi connectivity index (χ0n) is 9.28. The molecular formula is C10H10Cl3N3O2. The minimum absolute atomic E-state index is 0.325. The maximum Gasteiger partial charge on any atom is 0.271 e. The number of nitrogens with two attached hydrogens (primary N) is 1. The third kappa shape index (κ3) is 4.25. The van der Waals surface area contributed by atoms with Gasteiger partial charge < -0.3 is 10.5 Å². The van der Waals surface area contributed by atoms with Crippen LogP contribution in [0.2, 0.25) is 0 Å². The van der Waals surface area contributed by atoms with Crippen molar-refractivity contribution < 1.29 is 9.53 Å². The van der Waals surface area contributed by atoms with Crippen molar-refractivity contribution in [2.45, 2.75) is 3.79 Å². The predicted molar refractivity (Wildman–Crippen MR) is 72.4 cm³/mol.